The van der Waals surface area contributed by atoms with Gasteiger partial charge in [-0.15, -0.1) is 0 Å². The van der Waals surface area contributed by atoms with E-state index in [4.69, 9.17) is 5.41 Å². The number of hydrogen-bond donors (Lipinski definition) is 3. The van der Waals surface area contributed by atoms with Gasteiger partial charge >= 0.3 is 0 Å². The van der Waals surface area contributed by atoms with E-state index >= 15 is 0 Å². The maximum absolute atomic E-state index is 10.9. The lowest BCUT2D eigenvalue weighted by Gasteiger charge is -2.60. The summed E-state index contributed by atoms with van der Waals surface area (Å²) in [5.74, 6) is 1.71. The van der Waals surface area contributed by atoms with E-state index in [1.54, 1.807) is 0 Å². The zero-order valence-corrected chi connectivity index (χ0v) is 13.8. The quantitative estimate of drug-likeness (QED) is 0.643. The lowest BCUT2D eigenvalue weighted by atomic mass is 9.45. The Bertz CT molecular complexity index is 530. The lowest BCUT2D eigenvalue weighted by Crippen LogP contribution is -2.57. The van der Waals surface area contributed by atoms with Crippen molar-refractivity contribution >= 4 is 5.71 Å². The van der Waals surface area contributed by atoms with Crippen LogP contribution in [-0.4, -0.2) is 28.1 Å². The van der Waals surface area contributed by atoms with Crippen LogP contribution in [0.5, 0.6) is 0 Å². The van der Waals surface area contributed by atoms with E-state index in [2.05, 4.69) is 19.9 Å². The van der Waals surface area contributed by atoms with E-state index in [1.165, 1.54) is 0 Å². The van der Waals surface area contributed by atoms with Gasteiger partial charge in [-0.1, -0.05) is 19.9 Å². The van der Waals surface area contributed by atoms with E-state index in [0.717, 1.165) is 38.5 Å². The van der Waals surface area contributed by atoms with Gasteiger partial charge in [-0.3, -0.25) is 0 Å². The molecule has 0 aromatic rings. The van der Waals surface area contributed by atoms with Gasteiger partial charge in [-0.2, -0.15) is 0 Å². The van der Waals surface area contributed by atoms with Gasteiger partial charge in [0.15, 0.2) is 0 Å². The first-order chi connectivity index (χ1) is 10.4. The van der Waals surface area contributed by atoms with Gasteiger partial charge in [0.25, 0.3) is 0 Å². The highest BCUT2D eigenvalue weighted by atomic mass is 16.3. The van der Waals surface area contributed by atoms with Gasteiger partial charge in [0.2, 0.25) is 0 Å². The molecule has 0 radical (unpaired) electrons. The predicted molar refractivity (Wildman–Crippen MR) is 86.8 cm³/mol. The van der Waals surface area contributed by atoms with Gasteiger partial charge < -0.3 is 15.6 Å². The van der Waals surface area contributed by atoms with E-state index in [0.29, 0.717) is 29.4 Å². The highest BCUT2D eigenvalue weighted by Crippen LogP contribution is 2.65. The van der Waals surface area contributed by atoms with Crippen LogP contribution < -0.4 is 0 Å². The summed E-state index contributed by atoms with van der Waals surface area (Å²) in [6, 6.07) is 0. The number of hydrogen-bond acceptors (Lipinski definition) is 3. The summed E-state index contributed by atoms with van der Waals surface area (Å²) in [6.45, 7) is 4.61. The minimum Gasteiger partial charge on any atom is -0.393 e. The fraction of sp³-hybridized carbons (Fsp3) is 0.842. The molecular weight excluding hydrogens is 274 g/mol. The van der Waals surface area contributed by atoms with Crippen LogP contribution in [-0.2, 0) is 0 Å². The Morgan fingerprint density at radius 1 is 1.14 bits per heavy atom. The molecule has 0 bridgehead atoms. The molecule has 0 aromatic heterocycles. The summed E-state index contributed by atoms with van der Waals surface area (Å²) < 4.78 is 0. The third-order valence-corrected chi connectivity index (χ3v) is 8.04. The second kappa shape index (κ2) is 4.67. The molecule has 0 spiro atoms. The largest absolute Gasteiger partial charge is 0.393 e. The number of fused-ring (bicyclic) bond motifs is 5. The first-order valence-electron chi connectivity index (χ1n) is 8.99. The van der Waals surface area contributed by atoms with E-state index < -0.39 is 0 Å². The van der Waals surface area contributed by atoms with Crippen molar-refractivity contribution in [1.29, 1.82) is 5.41 Å². The van der Waals surface area contributed by atoms with Crippen molar-refractivity contribution in [2.24, 2.45) is 34.5 Å². The molecule has 4 rings (SSSR count). The Kier molecular flexibility index (Phi) is 3.16. The maximum atomic E-state index is 10.9. The molecule has 0 heterocycles. The summed E-state index contributed by atoms with van der Waals surface area (Å²) in [6.07, 6.45) is 9.64. The second-order valence-corrected chi connectivity index (χ2v) is 8.86. The van der Waals surface area contributed by atoms with Crippen molar-refractivity contribution in [3.8, 4) is 0 Å². The molecule has 122 valence electrons. The lowest BCUT2D eigenvalue weighted by molar-refractivity contribution is -0.143. The third-order valence-electron chi connectivity index (χ3n) is 8.04. The molecule has 4 aliphatic rings. The van der Waals surface area contributed by atoms with Gasteiger partial charge in [-0.05, 0) is 79.1 Å². The van der Waals surface area contributed by atoms with Crippen LogP contribution in [0, 0.1) is 39.9 Å². The second-order valence-electron chi connectivity index (χ2n) is 8.86. The number of nitrogens with one attached hydrogen (secondary N) is 1. The fourth-order valence-corrected chi connectivity index (χ4v) is 6.61. The molecule has 3 saturated carbocycles. The summed E-state index contributed by atoms with van der Waals surface area (Å²) in [7, 11) is 0. The van der Waals surface area contributed by atoms with Crippen molar-refractivity contribution in [3.63, 3.8) is 0 Å². The van der Waals surface area contributed by atoms with Crippen molar-refractivity contribution in [2.45, 2.75) is 64.6 Å². The number of rotatable bonds is 0. The van der Waals surface area contributed by atoms with Crippen LogP contribution in [0.1, 0.15) is 52.4 Å². The van der Waals surface area contributed by atoms with Crippen LogP contribution in [0.15, 0.2) is 12.2 Å². The van der Waals surface area contributed by atoms with Gasteiger partial charge in [-0.25, -0.2) is 0 Å². The van der Waals surface area contributed by atoms with Crippen LogP contribution in [0.3, 0.4) is 0 Å². The average Bonchev–Trinajstić information content (AvgIpc) is 2.77. The highest BCUT2D eigenvalue weighted by molar-refractivity contribution is 5.93. The Morgan fingerprint density at radius 3 is 2.68 bits per heavy atom. The summed E-state index contributed by atoms with van der Waals surface area (Å²) in [5.41, 5.74) is 0.852. The minimum atomic E-state index is -0.253. The third kappa shape index (κ3) is 1.78. The Balaban J connectivity index is 1.73. The normalized spacial score (nSPS) is 57.2. The van der Waals surface area contributed by atoms with Gasteiger partial charge in [0.05, 0.1) is 12.2 Å². The SMILES string of the molecule is C[C@]12C=CC(=N)CC1CC(O)[C@@H]1[C@H]2CC[C@]2(C)C(O)CC[C@@H]12. The van der Waals surface area contributed by atoms with Gasteiger partial charge in [0.1, 0.15) is 0 Å². The summed E-state index contributed by atoms with van der Waals surface area (Å²) in [4.78, 5) is 0. The molecule has 0 amide bonds. The van der Waals surface area contributed by atoms with Crippen molar-refractivity contribution < 1.29 is 10.2 Å². The van der Waals surface area contributed by atoms with Gasteiger partial charge in [0, 0.05) is 5.71 Å². The highest BCUT2D eigenvalue weighted by Gasteiger charge is 2.61. The number of aliphatic hydroxyl groups excluding tert-OH is 2. The molecule has 3 N–H and O–H groups in total. The van der Waals surface area contributed by atoms with Crippen LogP contribution in [0.25, 0.3) is 0 Å². The maximum Gasteiger partial charge on any atom is 0.0596 e. The molecule has 3 heteroatoms. The first kappa shape index (κ1) is 14.9. The monoisotopic (exact) mass is 303 g/mol. The zero-order valence-electron chi connectivity index (χ0n) is 13.8. The van der Waals surface area contributed by atoms with E-state index in [-0.39, 0.29) is 23.0 Å². The molecule has 8 atom stereocenters. The average molecular weight is 303 g/mol. The molecule has 0 saturated heterocycles. The molecular formula is C19H29NO2. The molecule has 3 nitrogen and oxygen atoms in total. The predicted octanol–water partition coefficient (Wildman–Crippen LogP) is 3.16. The van der Waals surface area contributed by atoms with Crippen molar-refractivity contribution in [1.82, 2.24) is 0 Å². The van der Waals surface area contributed by atoms with Crippen LogP contribution in [0.4, 0.5) is 0 Å². The summed E-state index contributed by atoms with van der Waals surface area (Å²) in [5, 5.41) is 29.4. The minimum absolute atomic E-state index is 0.0103. The fourth-order valence-electron chi connectivity index (χ4n) is 6.61. The molecule has 4 aliphatic carbocycles. The summed E-state index contributed by atoms with van der Waals surface area (Å²) >= 11 is 0. The molecule has 3 fully saturated rings. The van der Waals surface area contributed by atoms with E-state index in [9.17, 15) is 10.2 Å². The Hall–Kier alpha value is -0.670. The topological polar surface area (TPSA) is 64.3 Å². The standard InChI is InChI=1S/C19H29NO2/c1-18-7-5-12(20)9-11(18)10-15(21)17-13-3-4-16(22)19(13,2)8-6-14(17)18/h5,7,11,13-17,20-22H,3-4,6,8-10H2,1-2H3/t11?,13-,14+,15?,16?,17-,18-,19-/m0/s1. The molecule has 3 unspecified atom stereocenters. The first-order valence-corrected chi connectivity index (χ1v) is 8.99. The van der Waals surface area contributed by atoms with Crippen molar-refractivity contribution in [2.75, 3.05) is 0 Å². The number of aliphatic hydroxyl groups is 2. The molecule has 0 aromatic carbocycles. The zero-order chi connectivity index (χ0) is 15.7. The smallest absolute Gasteiger partial charge is 0.0596 e. The Morgan fingerprint density at radius 2 is 1.91 bits per heavy atom. The van der Waals surface area contributed by atoms with E-state index in [1.807, 2.05) is 6.08 Å². The molecule has 22 heavy (non-hydrogen) atoms. The molecule has 0 aliphatic heterocycles. The van der Waals surface area contributed by atoms with Crippen molar-refractivity contribution in [3.05, 3.63) is 12.2 Å². The number of allylic oxidation sites excluding steroid dienone is 2. The Labute approximate surface area is 133 Å². The van der Waals surface area contributed by atoms with Crippen LogP contribution >= 0.6 is 0 Å². The van der Waals surface area contributed by atoms with Crippen LogP contribution in [0.2, 0.25) is 0 Å².